The first kappa shape index (κ1) is 35.6. The van der Waals surface area contributed by atoms with Gasteiger partial charge in [0.05, 0.1) is 49.7 Å². The van der Waals surface area contributed by atoms with Crippen LogP contribution in [0.2, 0.25) is 0 Å². The summed E-state index contributed by atoms with van der Waals surface area (Å²) in [6.45, 7) is -0.431. The Morgan fingerprint density at radius 2 is 1.86 bits per heavy atom. The number of hydrogen-bond acceptors (Lipinski definition) is 14. The number of ether oxygens (including phenoxy) is 2. The normalized spacial score (nSPS) is 26.4. The molecule has 15 nitrogen and oxygen atoms in total. The van der Waals surface area contributed by atoms with Crippen LogP contribution in [-0.2, 0) is 11.3 Å². The number of piperidine rings is 1. The third-order valence-electron chi connectivity index (χ3n) is 9.12. The van der Waals surface area contributed by atoms with Crippen LogP contribution >= 0.6 is 0 Å². The maximum Gasteiger partial charge on any atom is 0.265 e. The van der Waals surface area contributed by atoms with Crippen molar-refractivity contribution in [3.8, 4) is 17.0 Å². The third kappa shape index (κ3) is 6.64. The standard InChI is InChI=1S/C31H36F4N8O7/c1-49-20-7-16(32)15(6-17(20)33)18-5-14(19(8-37-18)42-4-2-3-31(36,11-42)26(48)27(34)35)9-43-13-40-22-28(38-12-39-29(22)43)41-30-25(47)24(46)23(45)21(10-44)50-30/h5-8,12-13,21,23-27,30,44-48H,2-4,9-11,36H2,1H3,(H,38,39,41)/t21-,23-,24+,25-,26-,30?,31-/m1/s1. The Balaban J connectivity index is 1.38. The van der Waals surface area contributed by atoms with Crippen LogP contribution < -0.4 is 20.7 Å². The van der Waals surface area contributed by atoms with Gasteiger partial charge in [-0.15, -0.1) is 0 Å². The average Bonchev–Trinajstić information content (AvgIpc) is 3.52. The van der Waals surface area contributed by atoms with E-state index >= 15 is 4.39 Å². The summed E-state index contributed by atoms with van der Waals surface area (Å²) in [6.07, 6.45) is -7.95. The number of alkyl halides is 2. The summed E-state index contributed by atoms with van der Waals surface area (Å²) in [5.74, 6) is -1.85. The minimum atomic E-state index is -3.07. The number of aromatic nitrogens is 5. The molecule has 1 unspecified atom stereocenters. The van der Waals surface area contributed by atoms with Gasteiger partial charge >= 0.3 is 0 Å². The first-order valence-electron chi connectivity index (χ1n) is 15.6. The van der Waals surface area contributed by atoms with E-state index in [9.17, 15) is 38.7 Å². The van der Waals surface area contributed by atoms with Gasteiger partial charge in [-0.05, 0) is 30.5 Å². The largest absolute Gasteiger partial charge is 0.494 e. The Morgan fingerprint density at radius 3 is 2.58 bits per heavy atom. The fraction of sp³-hybridized carbons (Fsp3) is 0.484. The predicted octanol–water partition coefficient (Wildman–Crippen LogP) is 0.359. The fourth-order valence-corrected chi connectivity index (χ4v) is 6.38. The molecule has 5 heterocycles. The Kier molecular flexibility index (Phi) is 10.1. The highest BCUT2D eigenvalue weighted by Gasteiger charge is 2.45. The van der Waals surface area contributed by atoms with Crippen molar-refractivity contribution in [2.45, 2.75) is 68.1 Å². The number of aliphatic hydroxyl groups excluding tert-OH is 5. The number of imidazole rings is 1. The number of benzene rings is 1. The molecule has 2 aliphatic rings. The Labute approximate surface area is 281 Å². The van der Waals surface area contributed by atoms with Crippen LogP contribution in [-0.4, -0.2) is 126 Å². The molecule has 0 bridgehead atoms. The van der Waals surface area contributed by atoms with E-state index in [2.05, 4.69) is 25.3 Å². The van der Waals surface area contributed by atoms with Crippen molar-refractivity contribution in [3.63, 3.8) is 0 Å². The Morgan fingerprint density at radius 1 is 1.08 bits per heavy atom. The van der Waals surface area contributed by atoms with Crippen molar-refractivity contribution in [1.29, 1.82) is 0 Å². The smallest absolute Gasteiger partial charge is 0.265 e. The van der Waals surface area contributed by atoms with Crippen molar-refractivity contribution >= 4 is 22.7 Å². The van der Waals surface area contributed by atoms with Gasteiger partial charge < -0.3 is 55.5 Å². The second-order valence-corrected chi connectivity index (χ2v) is 12.4. The van der Waals surface area contributed by atoms with Crippen LogP contribution in [0.25, 0.3) is 22.4 Å². The van der Waals surface area contributed by atoms with Gasteiger partial charge in [0.1, 0.15) is 42.7 Å². The zero-order chi connectivity index (χ0) is 35.9. The molecule has 0 amide bonds. The van der Waals surface area contributed by atoms with Gasteiger partial charge in [0.2, 0.25) is 0 Å². The number of halogens is 4. The number of pyridine rings is 1. The summed E-state index contributed by atoms with van der Waals surface area (Å²) in [5.41, 5.74) is 5.89. The lowest BCUT2D eigenvalue weighted by Gasteiger charge is -2.44. The monoisotopic (exact) mass is 708 g/mol. The van der Waals surface area contributed by atoms with Crippen molar-refractivity contribution in [1.82, 2.24) is 24.5 Å². The van der Waals surface area contributed by atoms with Gasteiger partial charge in [-0.2, -0.15) is 0 Å². The average molecular weight is 709 g/mol. The topological polar surface area (TPSA) is 217 Å². The van der Waals surface area contributed by atoms with Crippen molar-refractivity contribution in [2.75, 3.05) is 37.0 Å². The molecule has 2 saturated heterocycles. The van der Waals surface area contributed by atoms with Crippen molar-refractivity contribution < 1.29 is 52.6 Å². The van der Waals surface area contributed by atoms with E-state index in [-0.39, 0.29) is 53.5 Å². The predicted molar refractivity (Wildman–Crippen MR) is 168 cm³/mol. The lowest BCUT2D eigenvalue weighted by Crippen LogP contribution is -2.63. The number of nitrogens with one attached hydrogen (secondary N) is 1. The van der Waals surface area contributed by atoms with Gasteiger partial charge in [0.25, 0.3) is 6.43 Å². The molecule has 0 saturated carbocycles. The molecular formula is C31H36F4N8O7. The van der Waals surface area contributed by atoms with E-state index in [1.165, 1.54) is 32.0 Å². The number of rotatable bonds is 10. The van der Waals surface area contributed by atoms with E-state index in [1.807, 2.05) is 0 Å². The summed E-state index contributed by atoms with van der Waals surface area (Å²) < 4.78 is 69.0. The highest BCUT2D eigenvalue weighted by atomic mass is 19.3. The van der Waals surface area contributed by atoms with Gasteiger partial charge in [0.15, 0.2) is 34.8 Å². The number of methoxy groups -OCH3 is 1. The number of nitrogens with zero attached hydrogens (tertiary/aromatic N) is 6. The minimum absolute atomic E-state index is 0.0103. The lowest BCUT2D eigenvalue weighted by atomic mass is 9.84. The molecule has 2 aliphatic heterocycles. The second kappa shape index (κ2) is 14.2. The van der Waals surface area contributed by atoms with Crippen LogP contribution in [0.1, 0.15) is 18.4 Å². The highest BCUT2D eigenvalue weighted by molar-refractivity contribution is 5.83. The molecule has 7 atom stereocenters. The summed E-state index contributed by atoms with van der Waals surface area (Å²) in [5, 5.41) is 53.5. The maximum absolute atomic E-state index is 15.2. The van der Waals surface area contributed by atoms with Crippen LogP contribution in [0, 0.1) is 11.6 Å². The zero-order valence-electron chi connectivity index (χ0n) is 26.6. The molecule has 3 aromatic heterocycles. The molecule has 8 N–H and O–H groups in total. The summed E-state index contributed by atoms with van der Waals surface area (Å²) in [6, 6.07) is 3.35. The van der Waals surface area contributed by atoms with Crippen LogP contribution in [0.5, 0.6) is 5.75 Å². The minimum Gasteiger partial charge on any atom is -0.494 e. The van der Waals surface area contributed by atoms with Gasteiger partial charge in [0, 0.05) is 24.7 Å². The van der Waals surface area contributed by atoms with Crippen LogP contribution in [0.4, 0.5) is 29.1 Å². The van der Waals surface area contributed by atoms with Crippen molar-refractivity contribution in [3.05, 3.63) is 54.2 Å². The summed E-state index contributed by atoms with van der Waals surface area (Å²) in [4.78, 5) is 19.0. The van der Waals surface area contributed by atoms with E-state index < -0.39 is 67.0 Å². The molecule has 4 aromatic rings. The number of hydrogen-bond donors (Lipinski definition) is 7. The van der Waals surface area contributed by atoms with Crippen LogP contribution in [0.3, 0.4) is 0 Å². The number of anilines is 2. The van der Waals surface area contributed by atoms with E-state index in [0.29, 0.717) is 24.2 Å². The molecule has 19 heteroatoms. The first-order valence-corrected chi connectivity index (χ1v) is 15.6. The molecule has 50 heavy (non-hydrogen) atoms. The SMILES string of the molecule is COc1cc(F)c(-c2cc(Cn3cnc4c(NC5O[C@H](CO)[C@@H](O)[C@H](O)[C@H]5O)ncnc43)c(N3CCC[C@](N)([C@H](O)C(F)F)C3)cn2)cc1F. The molecule has 0 spiro atoms. The molecule has 6 rings (SSSR count). The third-order valence-corrected chi connectivity index (χ3v) is 9.12. The van der Waals surface area contributed by atoms with Crippen molar-refractivity contribution in [2.24, 2.45) is 5.73 Å². The molecule has 0 radical (unpaired) electrons. The zero-order valence-corrected chi connectivity index (χ0v) is 26.6. The number of fused-ring (bicyclic) bond motifs is 1. The molecule has 1 aromatic carbocycles. The van der Waals surface area contributed by atoms with Gasteiger partial charge in [-0.3, -0.25) is 4.98 Å². The maximum atomic E-state index is 15.2. The summed E-state index contributed by atoms with van der Waals surface area (Å²) >= 11 is 0. The van der Waals surface area contributed by atoms with E-state index in [0.717, 1.165) is 12.1 Å². The number of aliphatic hydroxyl groups is 5. The number of nitrogens with two attached hydrogens (primary N) is 1. The van der Waals surface area contributed by atoms with Gasteiger partial charge in [-0.1, -0.05) is 0 Å². The molecule has 270 valence electrons. The quantitative estimate of drug-likeness (QED) is 0.111. The summed E-state index contributed by atoms with van der Waals surface area (Å²) in [7, 11) is 1.20. The molecule has 0 aliphatic carbocycles. The second-order valence-electron chi connectivity index (χ2n) is 12.4. The van der Waals surface area contributed by atoms with E-state index in [1.54, 1.807) is 9.47 Å². The Hall–Kier alpha value is -4.24. The first-order chi connectivity index (χ1) is 23.8. The van der Waals surface area contributed by atoms with Gasteiger partial charge in [-0.25, -0.2) is 32.5 Å². The fourth-order valence-electron chi connectivity index (χ4n) is 6.38. The highest BCUT2D eigenvalue weighted by Crippen LogP contribution is 2.35. The van der Waals surface area contributed by atoms with E-state index in [4.69, 9.17) is 15.2 Å². The molecular weight excluding hydrogens is 672 g/mol. The van der Waals surface area contributed by atoms with Crippen LogP contribution in [0.15, 0.2) is 37.1 Å². The Bertz CT molecular complexity index is 1840. The lowest BCUT2D eigenvalue weighted by molar-refractivity contribution is -0.221. The molecule has 2 fully saturated rings.